The molecule has 6 heteroatoms. The van der Waals surface area contributed by atoms with Crippen molar-refractivity contribution in [3.63, 3.8) is 0 Å². The Morgan fingerprint density at radius 2 is 1.62 bits per heavy atom. The summed E-state index contributed by atoms with van der Waals surface area (Å²) < 4.78 is 5.25. The minimum absolute atomic E-state index is 0.0323. The van der Waals surface area contributed by atoms with E-state index in [1.807, 2.05) is 0 Å². The van der Waals surface area contributed by atoms with Crippen molar-refractivity contribution >= 4 is 23.6 Å². The Hall–Kier alpha value is -2.47. The van der Waals surface area contributed by atoms with Gasteiger partial charge in [0.1, 0.15) is 17.2 Å². The molecule has 0 radical (unpaired) electrons. The van der Waals surface area contributed by atoms with Gasteiger partial charge in [0, 0.05) is 17.4 Å². The van der Waals surface area contributed by atoms with Crippen LogP contribution >= 0.6 is 11.8 Å². The average molecular weight is 481 g/mol. The quantitative estimate of drug-likeness (QED) is 0.597. The summed E-state index contributed by atoms with van der Waals surface area (Å²) in [6.45, 7) is 6.58. The number of carbonyl (C=O) groups excluding carboxylic acids is 2. The van der Waals surface area contributed by atoms with Crippen molar-refractivity contribution in [3.8, 4) is 5.75 Å². The summed E-state index contributed by atoms with van der Waals surface area (Å²) in [6, 6.07) is 15.4. The lowest BCUT2D eigenvalue weighted by Crippen LogP contribution is -2.50. The van der Waals surface area contributed by atoms with Gasteiger partial charge < -0.3 is 15.0 Å². The highest BCUT2D eigenvalue weighted by Gasteiger charge is 2.43. The van der Waals surface area contributed by atoms with Gasteiger partial charge in [-0.2, -0.15) is 0 Å². The Balaban J connectivity index is 1.61. The summed E-state index contributed by atoms with van der Waals surface area (Å²) in [7, 11) is 1.61. The summed E-state index contributed by atoms with van der Waals surface area (Å²) in [5, 5.41) is 3.05. The monoisotopic (exact) mass is 480 g/mol. The van der Waals surface area contributed by atoms with Crippen LogP contribution in [0, 0.1) is 0 Å². The fourth-order valence-corrected chi connectivity index (χ4v) is 6.22. The molecule has 2 fully saturated rings. The number of hydrogen-bond acceptors (Lipinski definition) is 4. The number of hydrogen-bond donors (Lipinski definition) is 1. The first-order valence-corrected chi connectivity index (χ1v) is 13.3. The van der Waals surface area contributed by atoms with E-state index < -0.39 is 6.04 Å². The molecule has 0 spiro atoms. The first-order valence-electron chi connectivity index (χ1n) is 12.3. The number of carbonyl (C=O) groups is 2. The van der Waals surface area contributed by atoms with Crippen LogP contribution in [-0.4, -0.2) is 41.7 Å². The van der Waals surface area contributed by atoms with Gasteiger partial charge in [-0.05, 0) is 53.6 Å². The molecule has 2 aromatic rings. The van der Waals surface area contributed by atoms with Gasteiger partial charge in [0.05, 0.1) is 7.11 Å². The molecule has 5 nitrogen and oxygen atoms in total. The fourth-order valence-electron chi connectivity index (χ4n) is 4.79. The van der Waals surface area contributed by atoms with Crippen LogP contribution in [0.1, 0.15) is 79.7 Å². The minimum Gasteiger partial charge on any atom is -0.497 e. The van der Waals surface area contributed by atoms with Gasteiger partial charge in [-0.1, -0.05) is 64.3 Å². The van der Waals surface area contributed by atoms with Crippen molar-refractivity contribution < 1.29 is 14.3 Å². The van der Waals surface area contributed by atoms with Gasteiger partial charge >= 0.3 is 0 Å². The van der Waals surface area contributed by atoms with Crippen molar-refractivity contribution in [2.24, 2.45) is 0 Å². The summed E-state index contributed by atoms with van der Waals surface area (Å²) >= 11 is 1.67. The van der Waals surface area contributed by atoms with Crippen molar-refractivity contribution in [2.45, 2.75) is 75.7 Å². The van der Waals surface area contributed by atoms with Gasteiger partial charge in [0.15, 0.2) is 0 Å². The first kappa shape index (κ1) is 24.6. The summed E-state index contributed by atoms with van der Waals surface area (Å²) in [5.41, 5.74) is 2.92. The van der Waals surface area contributed by atoms with Gasteiger partial charge in [0.2, 0.25) is 5.91 Å². The van der Waals surface area contributed by atoms with Gasteiger partial charge in [-0.15, -0.1) is 11.8 Å². The Bertz CT molecular complexity index is 992. The second-order valence-electron chi connectivity index (χ2n) is 10.4. The molecule has 182 valence electrons. The van der Waals surface area contributed by atoms with E-state index in [4.69, 9.17) is 4.74 Å². The third-order valence-electron chi connectivity index (χ3n) is 6.89. The molecule has 1 aliphatic heterocycles. The SMILES string of the molecule is COc1ccc(C(=O)N2C(C(=O)NC3CCCCC3)CSC2c2ccc(C(C)(C)C)cc2)cc1. The number of amides is 2. The molecular weight excluding hydrogens is 444 g/mol. The molecule has 1 heterocycles. The Labute approximate surface area is 207 Å². The number of methoxy groups -OCH3 is 1. The number of nitrogens with one attached hydrogen (secondary N) is 1. The van der Waals surface area contributed by atoms with Crippen LogP contribution in [0.15, 0.2) is 48.5 Å². The molecule has 0 aromatic heterocycles. The largest absolute Gasteiger partial charge is 0.497 e. The highest BCUT2D eigenvalue weighted by molar-refractivity contribution is 7.99. The third-order valence-corrected chi connectivity index (χ3v) is 8.21. The molecule has 0 bridgehead atoms. The minimum atomic E-state index is -0.492. The Kier molecular flexibility index (Phi) is 7.56. The zero-order valence-corrected chi connectivity index (χ0v) is 21.5. The molecular formula is C28H36N2O3S. The summed E-state index contributed by atoms with van der Waals surface area (Å²) in [6.07, 6.45) is 5.59. The van der Waals surface area contributed by atoms with E-state index in [2.05, 4.69) is 50.4 Å². The predicted octanol–water partition coefficient (Wildman–Crippen LogP) is 5.70. The van der Waals surface area contributed by atoms with E-state index in [1.165, 1.54) is 12.0 Å². The lowest BCUT2D eigenvalue weighted by atomic mass is 9.86. The van der Waals surface area contributed by atoms with Gasteiger partial charge in [-0.3, -0.25) is 9.59 Å². The molecule has 2 aromatic carbocycles. The van der Waals surface area contributed by atoms with Crippen molar-refractivity contribution in [1.82, 2.24) is 10.2 Å². The van der Waals surface area contributed by atoms with Crippen LogP contribution in [-0.2, 0) is 10.2 Å². The Morgan fingerprint density at radius 1 is 0.971 bits per heavy atom. The number of rotatable bonds is 5. The van der Waals surface area contributed by atoms with E-state index in [-0.39, 0.29) is 28.6 Å². The van der Waals surface area contributed by atoms with Gasteiger partial charge in [-0.25, -0.2) is 0 Å². The number of benzene rings is 2. The topological polar surface area (TPSA) is 58.6 Å². The zero-order chi connectivity index (χ0) is 24.3. The van der Waals surface area contributed by atoms with Crippen molar-refractivity contribution in [1.29, 1.82) is 0 Å². The summed E-state index contributed by atoms with van der Waals surface area (Å²) in [5.74, 6) is 1.14. The molecule has 1 aliphatic carbocycles. The van der Waals surface area contributed by atoms with Crippen LogP contribution in [0.25, 0.3) is 0 Å². The molecule has 1 N–H and O–H groups in total. The second-order valence-corrected chi connectivity index (χ2v) is 11.5. The third kappa shape index (κ3) is 5.43. The molecule has 34 heavy (non-hydrogen) atoms. The molecule has 4 rings (SSSR count). The Morgan fingerprint density at radius 3 is 2.21 bits per heavy atom. The number of ether oxygens (including phenoxy) is 1. The van der Waals surface area contributed by atoms with E-state index in [0.29, 0.717) is 17.1 Å². The highest BCUT2D eigenvalue weighted by Crippen LogP contribution is 2.43. The standard InChI is InChI=1S/C28H36N2O3S/c1-28(2,3)21-14-10-20(11-15-21)27-30(26(32)19-12-16-23(33-4)17-13-19)24(18-34-27)25(31)29-22-8-6-5-7-9-22/h10-17,22,24,27H,5-9,18H2,1-4H3,(H,29,31). The van der Waals surface area contributed by atoms with E-state index in [0.717, 1.165) is 31.2 Å². The highest BCUT2D eigenvalue weighted by atomic mass is 32.2. The van der Waals surface area contributed by atoms with Crippen molar-refractivity contribution in [3.05, 3.63) is 65.2 Å². The van der Waals surface area contributed by atoms with E-state index in [1.54, 1.807) is 48.0 Å². The maximum Gasteiger partial charge on any atom is 0.255 e. The predicted molar refractivity (Wildman–Crippen MR) is 138 cm³/mol. The normalized spacial score (nSPS) is 21.4. The van der Waals surface area contributed by atoms with Crippen molar-refractivity contribution in [2.75, 3.05) is 12.9 Å². The van der Waals surface area contributed by atoms with Crippen LogP contribution in [0.4, 0.5) is 0 Å². The smallest absolute Gasteiger partial charge is 0.255 e. The lowest BCUT2D eigenvalue weighted by Gasteiger charge is -2.31. The van der Waals surface area contributed by atoms with Gasteiger partial charge in [0.25, 0.3) is 5.91 Å². The second kappa shape index (κ2) is 10.4. The first-order chi connectivity index (χ1) is 16.3. The summed E-state index contributed by atoms with van der Waals surface area (Å²) in [4.78, 5) is 28.9. The van der Waals surface area contributed by atoms with E-state index in [9.17, 15) is 9.59 Å². The maximum atomic E-state index is 13.8. The number of thioether (sulfide) groups is 1. The molecule has 1 saturated carbocycles. The van der Waals surface area contributed by atoms with E-state index >= 15 is 0 Å². The molecule has 2 aliphatic rings. The molecule has 2 atom stereocenters. The lowest BCUT2D eigenvalue weighted by molar-refractivity contribution is -0.125. The average Bonchev–Trinajstić information content (AvgIpc) is 3.29. The van der Waals surface area contributed by atoms with Crippen LogP contribution in [0.2, 0.25) is 0 Å². The molecule has 1 saturated heterocycles. The van der Waals surface area contributed by atoms with Crippen LogP contribution in [0.3, 0.4) is 0 Å². The zero-order valence-electron chi connectivity index (χ0n) is 20.7. The number of nitrogens with zero attached hydrogens (tertiary/aromatic N) is 1. The fraction of sp³-hybridized carbons (Fsp3) is 0.500. The molecule has 2 unspecified atom stereocenters. The van der Waals surface area contributed by atoms with Crippen LogP contribution < -0.4 is 10.1 Å². The molecule has 2 amide bonds. The van der Waals surface area contributed by atoms with Crippen LogP contribution in [0.5, 0.6) is 5.75 Å². The maximum absolute atomic E-state index is 13.8.